The maximum absolute atomic E-state index is 13.0. The van der Waals surface area contributed by atoms with Crippen LogP contribution in [0.4, 0.5) is 3.89 Å². The van der Waals surface area contributed by atoms with Gasteiger partial charge in [-0.1, -0.05) is 12.2 Å². The van der Waals surface area contributed by atoms with E-state index in [9.17, 15) is 24.0 Å². The summed E-state index contributed by atoms with van der Waals surface area (Å²) in [6, 6.07) is -1.29. The predicted molar refractivity (Wildman–Crippen MR) is 121 cm³/mol. The highest BCUT2D eigenvalue weighted by Gasteiger charge is 2.49. The molecular formula is C19H32ClFN2O6S2. The minimum Gasteiger partial charge on any atom is -0.388 e. The molecule has 31 heavy (non-hydrogen) atoms. The van der Waals surface area contributed by atoms with E-state index in [2.05, 4.69) is 16.7 Å². The molecule has 0 saturated carbocycles. The number of thioether (sulfide) groups is 1. The summed E-state index contributed by atoms with van der Waals surface area (Å²) in [6.45, 7) is 2.83. The zero-order valence-electron chi connectivity index (χ0n) is 17.7. The van der Waals surface area contributed by atoms with E-state index in [0.717, 1.165) is 6.42 Å². The fourth-order valence-corrected chi connectivity index (χ4v) is 4.94. The van der Waals surface area contributed by atoms with Crippen molar-refractivity contribution in [3.05, 3.63) is 12.2 Å². The van der Waals surface area contributed by atoms with E-state index in [1.54, 1.807) is 13.2 Å². The maximum Gasteiger partial charge on any atom is 0.240 e. The molecule has 1 amide bonds. The molecule has 0 spiro atoms. The SMILES string of the molecule is CSC1O[C@H]([C@H](NC(=O)[C@H]2NC[C@@H]3CC=CCO[C@H]32)[C@H](C)Cl)C(O)[C@@H](O)[C@H]1O.CSF. The number of amides is 1. The second-order valence-electron chi connectivity index (χ2n) is 7.69. The summed E-state index contributed by atoms with van der Waals surface area (Å²) in [6.07, 6.45) is 2.77. The number of rotatable bonds is 5. The molecule has 2 fully saturated rings. The Labute approximate surface area is 195 Å². The number of allylic oxidation sites excluding steroid dienone is 1. The molecule has 3 aliphatic rings. The lowest BCUT2D eigenvalue weighted by atomic mass is 9.92. The van der Waals surface area contributed by atoms with Gasteiger partial charge in [0, 0.05) is 30.9 Å². The molecule has 3 heterocycles. The molecule has 0 aromatic heterocycles. The smallest absolute Gasteiger partial charge is 0.240 e. The summed E-state index contributed by atoms with van der Waals surface area (Å²) in [4.78, 5) is 13.0. The first-order chi connectivity index (χ1) is 14.8. The summed E-state index contributed by atoms with van der Waals surface area (Å²) >= 11 is 7.78. The van der Waals surface area contributed by atoms with Crippen molar-refractivity contribution in [3.63, 3.8) is 0 Å². The minimum atomic E-state index is -1.39. The van der Waals surface area contributed by atoms with Crippen LogP contribution < -0.4 is 10.6 Å². The van der Waals surface area contributed by atoms with Crippen LogP contribution in [0.15, 0.2) is 12.2 Å². The Bertz CT molecular complexity index is 606. The number of fused-ring (bicyclic) bond motifs is 1. The fourth-order valence-electron chi connectivity index (χ4n) is 4.06. The second-order valence-corrected chi connectivity index (χ2v) is 9.63. The Morgan fingerprint density at radius 1 is 1.26 bits per heavy atom. The summed E-state index contributed by atoms with van der Waals surface area (Å²) < 4.78 is 21.8. The van der Waals surface area contributed by atoms with Crippen LogP contribution in [0.25, 0.3) is 0 Å². The van der Waals surface area contributed by atoms with E-state index in [0.29, 0.717) is 13.2 Å². The molecule has 2 saturated heterocycles. The Balaban J connectivity index is 0.00000107. The van der Waals surface area contributed by atoms with E-state index in [1.165, 1.54) is 18.0 Å². The molecule has 12 heteroatoms. The Morgan fingerprint density at radius 3 is 2.55 bits per heavy atom. The molecule has 5 N–H and O–H groups in total. The van der Waals surface area contributed by atoms with Gasteiger partial charge in [0.15, 0.2) is 0 Å². The average Bonchev–Trinajstić information content (AvgIpc) is 3.00. The van der Waals surface area contributed by atoms with E-state index in [1.807, 2.05) is 6.08 Å². The zero-order valence-corrected chi connectivity index (χ0v) is 20.1. The van der Waals surface area contributed by atoms with Crippen molar-refractivity contribution in [1.29, 1.82) is 0 Å². The topological polar surface area (TPSA) is 120 Å². The minimum absolute atomic E-state index is 0.218. The van der Waals surface area contributed by atoms with Crippen molar-refractivity contribution in [2.45, 2.75) is 66.8 Å². The fraction of sp³-hybridized carbons (Fsp3) is 0.842. The third-order valence-corrected chi connectivity index (χ3v) is 6.79. The number of halogens is 2. The van der Waals surface area contributed by atoms with Crippen LogP contribution >= 0.6 is 35.5 Å². The highest BCUT2D eigenvalue weighted by atomic mass is 35.5. The number of hydrogen-bond acceptors (Lipinski definition) is 9. The van der Waals surface area contributed by atoms with Gasteiger partial charge in [-0.2, -0.15) is 3.89 Å². The molecule has 0 aliphatic carbocycles. The van der Waals surface area contributed by atoms with E-state index in [-0.39, 0.29) is 30.1 Å². The molecule has 0 bridgehead atoms. The molecule has 180 valence electrons. The number of alkyl halides is 1. The van der Waals surface area contributed by atoms with Gasteiger partial charge in [0.05, 0.1) is 24.1 Å². The quantitative estimate of drug-likeness (QED) is 0.269. The number of hydrogen-bond donors (Lipinski definition) is 5. The first-order valence-corrected chi connectivity index (χ1v) is 12.9. The van der Waals surface area contributed by atoms with Crippen molar-refractivity contribution in [2.75, 3.05) is 25.7 Å². The number of ether oxygens (including phenoxy) is 2. The van der Waals surface area contributed by atoms with Crippen LogP contribution in [0.1, 0.15) is 13.3 Å². The van der Waals surface area contributed by atoms with Gasteiger partial charge in [-0.25, -0.2) is 0 Å². The highest BCUT2D eigenvalue weighted by molar-refractivity contribution is 7.99. The Kier molecular flexibility index (Phi) is 11.3. The molecular weight excluding hydrogens is 471 g/mol. The zero-order chi connectivity index (χ0) is 23.1. The number of nitrogens with one attached hydrogen (secondary N) is 2. The van der Waals surface area contributed by atoms with Gasteiger partial charge in [-0.15, -0.1) is 23.4 Å². The maximum atomic E-state index is 13.0. The molecule has 0 radical (unpaired) electrons. The molecule has 0 aromatic carbocycles. The van der Waals surface area contributed by atoms with Crippen molar-refractivity contribution in [1.82, 2.24) is 10.6 Å². The van der Waals surface area contributed by atoms with Gasteiger partial charge < -0.3 is 35.4 Å². The average molecular weight is 503 g/mol. The van der Waals surface area contributed by atoms with Crippen LogP contribution in [0.3, 0.4) is 0 Å². The number of carbonyl (C=O) groups excluding carboxylic acids is 1. The standard InChI is InChI=1S/C18H29ClN2O6S.CH3FS/c1-8(19)10(16-13(23)12(22)14(24)18(27-16)28-2)21-17(25)11-15-9(7-20-11)5-3-4-6-26-15;1-3-2/h3-4,8-16,18,20,22-24H,5-7H2,1-2H3,(H,21,25);1H3/t8-,9-,10+,11-,12+,13?,14+,15+,16+,18?;/m0./s1. The van der Waals surface area contributed by atoms with Crippen molar-refractivity contribution in [2.24, 2.45) is 5.92 Å². The molecule has 2 unspecified atom stereocenters. The van der Waals surface area contributed by atoms with Gasteiger partial charge in [0.1, 0.15) is 35.9 Å². The van der Waals surface area contributed by atoms with Crippen molar-refractivity contribution < 1.29 is 33.5 Å². The lowest BCUT2D eigenvalue weighted by Crippen LogP contribution is -2.65. The number of aliphatic hydroxyl groups excluding tert-OH is 3. The van der Waals surface area contributed by atoms with Gasteiger partial charge >= 0.3 is 0 Å². The summed E-state index contributed by atoms with van der Waals surface area (Å²) in [5.74, 6) is -0.0697. The first kappa shape index (κ1) is 27.1. The van der Waals surface area contributed by atoms with Crippen LogP contribution in [-0.4, -0.2) is 100 Å². The Hall–Kier alpha value is -0.110. The summed E-state index contributed by atoms with van der Waals surface area (Å²) in [5, 5.41) is 36.2. The largest absolute Gasteiger partial charge is 0.388 e. The summed E-state index contributed by atoms with van der Waals surface area (Å²) in [5.41, 5.74) is -0.733. The van der Waals surface area contributed by atoms with Crippen LogP contribution in [-0.2, 0) is 14.3 Å². The highest BCUT2D eigenvalue weighted by Crippen LogP contribution is 2.31. The Morgan fingerprint density at radius 2 is 1.94 bits per heavy atom. The van der Waals surface area contributed by atoms with Crippen molar-refractivity contribution in [3.8, 4) is 0 Å². The molecule has 3 rings (SSSR count). The number of aliphatic hydroxyl groups is 3. The van der Waals surface area contributed by atoms with Crippen LogP contribution in [0.2, 0.25) is 0 Å². The first-order valence-electron chi connectivity index (χ1n) is 10.1. The van der Waals surface area contributed by atoms with E-state index in [4.69, 9.17) is 21.1 Å². The monoisotopic (exact) mass is 502 g/mol. The van der Waals surface area contributed by atoms with Gasteiger partial charge in [0.25, 0.3) is 0 Å². The normalized spacial score (nSPS) is 39.5. The van der Waals surface area contributed by atoms with Crippen LogP contribution in [0, 0.1) is 5.92 Å². The van der Waals surface area contributed by atoms with Gasteiger partial charge in [0.2, 0.25) is 5.91 Å². The van der Waals surface area contributed by atoms with Crippen molar-refractivity contribution >= 4 is 41.4 Å². The van der Waals surface area contributed by atoms with Crippen LogP contribution in [0.5, 0.6) is 0 Å². The predicted octanol–water partition coefficient (Wildman–Crippen LogP) is 0.436. The molecule has 10 atom stereocenters. The lowest BCUT2D eigenvalue weighted by Gasteiger charge is -2.44. The second kappa shape index (κ2) is 13.0. The van der Waals surface area contributed by atoms with Gasteiger partial charge in [-0.3, -0.25) is 4.79 Å². The van der Waals surface area contributed by atoms with E-state index >= 15 is 0 Å². The third-order valence-electron chi connectivity index (χ3n) is 5.66. The molecule has 8 nitrogen and oxygen atoms in total. The van der Waals surface area contributed by atoms with Gasteiger partial charge in [-0.05, 0) is 19.6 Å². The van der Waals surface area contributed by atoms with E-state index < -0.39 is 47.3 Å². The molecule has 0 aromatic rings. The summed E-state index contributed by atoms with van der Waals surface area (Å²) in [7, 11) is 0. The molecule has 3 aliphatic heterocycles. The third kappa shape index (κ3) is 6.70. The number of carbonyl (C=O) groups is 1. The lowest BCUT2D eigenvalue weighted by molar-refractivity contribution is -0.205.